The first-order chi connectivity index (χ1) is 17.2. The van der Waals surface area contributed by atoms with Gasteiger partial charge in [-0.3, -0.25) is 9.69 Å². The predicted molar refractivity (Wildman–Crippen MR) is 138 cm³/mol. The maximum Gasteiger partial charge on any atom is 0.416 e. The van der Waals surface area contributed by atoms with Gasteiger partial charge in [-0.25, -0.2) is 0 Å². The maximum atomic E-state index is 13.6. The summed E-state index contributed by atoms with van der Waals surface area (Å²) in [7, 11) is 2.03. The summed E-state index contributed by atoms with van der Waals surface area (Å²) < 4.78 is 40.9. The van der Waals surface area contributed by atoms with Crippen LogP contribution >= 0.6 is 11.3 Å². The molecule has 0 unspecified atom stereocenters. The number of rotatable bonds is 5. The molecule has 1 saturated heterocycles. The Balaban J connectivity index is 1.57. The van der Waals surface area contributed by atoms with E-state index in [1.807, 2.05) is 36.9 Å². The molecule has 2 heterocycles. The molecule has 8 heteroatoms. The van der Waals surface area contributed by atoms with E-state index in [0.717, 1.165) is 55.4 Å². The summed E-state index contributed by atoms with van der Waals surface area (Å²) in [4.78, 5) is 17.4. The van der Waals surface area contributed by atoms with Crippen molar-refractivity contribution in [3.63, 3.8) is 0 Å². The largest absolute Gasteiger partial charge is 0.416 e. The highest BCUT2D eigenvalue weighted by molar-refractivity contribution is 7.08. The molecule has 0 atom stereocenters. The van der Waals surface area contributed by atoms with Crippen LogP contribution in [0.3, 0.4) is 0 Å². The zero-order valence-corrected chi connectivity index (χ0v) is 21.1. The van der Waals surface area contributed by atoms with Crippen molar-refractivity contribution in [2.24, 2.45) is 0 Å². The van der Waals surface area contributed by atoms with Crippen LogP contribution in [0.5, 0.6) is 0 Å². The lowest BCUT2D eigenvalue weighted by Gasteiger charge is -2.32. The van der Waals surface area contributed by atoms with E-state index in [2.05, 4.69) is 27.0 Å². The van der Waals surface area contributed by atoms with Gasteiger partial charge in [0.15, 0.2) is 0 Å². The number of likely N-dealkylation sites (N-methyl/N-ethyl adjacent to an activating group) is 1. The summed E-state index contributed by atoms with van der Waals surface area (Å²) in [5.74, 6) is 5.76. The summed E-state index contributed by atoms with van der Waals surface area (Å²) in [6, 6.07) is 10.9. The molecule has 0 radical (unpaired) electrons. The molecule has 0 spiro atoms. The number of alkyl halides is 3. The Morgan fingerprint density at radius 3 is 2.50 bits per heavy atom. The Labute approximate surface area is 213 Å². The molecule has 36 heavy (non-hydrogen) atoms. The van der Waals surface area contributed by atoms with Gasteiger partial charge in [-0.05, 0) is 66.4 Å². The third kappa shape index (κ3) is 6.76. The highest BCUT2D eigenvalue weighted by atomic mass is 32.1. The predicted octanol–water partition coefficient (Wildman–Crippen LogP) is 5.73. The van der Waals surface area contributed by atoms with Gasteiger partial charge >= 0.3 is 6.18 Å². The molecule has 1 N–H and O–H groups in total. The number of benzene rings is 2. The van der Waals surface area contributed by atoms with Crippen LogP contribution in [0, 0.1) is 11.8 Å². The molecular formula is C28H28F3N3OS. The average Bonchev–Trinajstić information content (AvgIpc) is 3.37. The van der Waals surface area contributed by atoms with Crippen molar-refractivity contribution >= 4 is 22.9 Å². The Kier molecular flexibility index (Phi) is 8.14. The lowest BCUT2D eigenvalue weighted by Crippen LogP contribution is -2.43. The molecule has 1 fully saturated rings. The molecule has 4 rings (SSSR count). The van der Waals surface area contributed by atoms with E-state index in [4.69, 9.17) is 0 Å². The summed E-state index contributed by atoms with van der Waals surface area (Å²) in [5, 5.41) is 6.57. The van der Waals surface area contributed by atoms with Crippen LogP contribution in [0.25, 0.3) is 0 Å². The van der Waals surface area contributed by atoms with Crippen LogP contribution in [-0.2, 0) is 19.1 Å². The summed E-state index contributed by atoms with van der Waals surface area (Å²) in [6.45, 7) is 5.71. The van der Waals surface area contributed by atoms with Gasteiger partial charge < -0.3 is 10.2 Å². The number of aryl methyl sites for hydroxylation is 1. The van der Waals surface area contributed by atoms with Gasteiger partial charge in [0.1, 0.15) is 0 Å². The number of nitrogens with zero attached hydrogens (tertiary/aromatic N) is 2. The van der Waals surface area contributed by atoms with Crippen molar-refractivity contribution in [2.45, 2.75) is 26.1 Å². The van der Waals surface area contributed by atoms with Gasteiger partial charge in [0.05, 0.1) is 5.56 Å². The number of amides is 1. The Morgan fingerprint density at radius 1 is 1.06 bits per heavy atom. The number of anilines is 1. The van der Waals surface area contributed by atoms with Crippen molar-refractivity contribution < 1.29 is 18.0 Å². The van der Waals surface area contributed by atoms with E-state index >= 15 is 0 Å². The lowest BCUT2D eigenvalue weighted by atomic mass is 10.0. The van der Waals surface area contributed by atoms with Gasteiger partial charge in [0, 0.05) is 60.5 Å². The molecule has 2 aromatic carbocycles. The van der Waals surface area contributed by atoms with Crippen LogP contribution in [0.15, 0.2) is 53.2 Å². The first-order valence-corrected chi connectivity index (χ1v) is 12.8. The average molecular weight is 512 g/mol. The molecule has 4 nitrogen and oxygen atoms in total. The van der Waals surface area contributed by atoms with Crippen molar-refractivity contribution in [2.75, 3.05) is 38.5 Å². The number of hydrogen-bond donors (Lipinski definition) is 1. The number of piperazine rings is 1. The topological polar surface area (TPSA) is 35.6 Å². The van der Waals surface area contributed by atoms with Gasteiger partial charge in [0.25, 0.3) is 5.91 Å². The molecule has 188 valence electrons. The summed E-state index contributed by atoms with van der Waals surface area (Å²) in [5.41, 5.74) is 2.86. The zero-order chi connectivity index (χ0) is 25.7. The number of carbonyl (C=O) groups is 1. The third-order valence-corrected chi connectivity index (χ3v) is 6.88. The van der Waals surface area contributed by atoms with Crippen LogP contribution in [0.1, 0.15) is 45.1 Å². The van der Waals surface area contributed by atoms with Crippen LogP contribution in [0.2, 0.25) is 0 Å². The van der Waals surface area contributed by atoms with E-state index in [1.165, 1.54) is 6.07 Å². The normalized spacial score (nSPS) is 14.8. The molecule has 1 aromatic heterocycles. The second-order valence-corrected chi connectivity index (χ2v) is 9.72. The van der Waals surface area contributed by atoms with Crippen LogP contribution < -0.4 is 5.32 Å². The first-order valence-electron chi connectivity index (χ1n) is 11.8. The molecule has 3 aromatic rings. The van der Waals surface area contributed by atoms with E-state index in [-0.39, 0.29) is 5.69 Å². The SMILES string of the molecule is CCc1ccc(C(=O)Nc2cc(CN3CCN(C)CC3)cc(C(F)(F)F)c2)cc1C#Cc1ccsc1. The Hall–Kier alpha value is -3.12. The molecule has 1 amide bonds. The van der Waals surface area contributed by atoms with Crippen molar-refractivity contribution in [3.05, 3.63) is 86.6 Å². The maximum absolute atomic E-state index is 13.6. The monoisotopic (exact) mass is 511 g/mol. The highest BCUT2D eigenvalue weighted by Gasteiger charge is 2.31. The number of thiophene rings is 1. The van der Waals surface area contributed by atoms with Crippen LogP contribution in [-0.4, -0.2) is 48.9 Å². The molecule has 1 aliphatic heterocycles. The second kappa shape index (κ2) is 11.3. The molecule has 0 aliphatic carbocycles. The number of hydrogen-bond acceptors (Lipinski definition) is 4. The number of nitrogens with one attached hydrogen (secondary N) is 1. The molecule has 1 aliphatic rings. The minimum Gasteiger partial charge on any atom is -0.322 e. The summed E-state index contributed by atoms with van der Waals surface area (Å²) in [6.07, 6.45) is -3.76. The van der Waals surface area contributed by atoms with Crippen molar-refractivity contribution in [3.8, 4) is 11.8 Å². The number of carbonyl (C=O) groups excluding carboxylic acids is 1. The fraction of sp³-hybridized carbons (Fsp3) is 0.321. The molecule has 0 bridgehead atoms. The fourth-order valence-corrected chi connectivity index (χ4v) is 4.69. The second-order valence-electron chi connectivity index (χ2n) is 8.94. The minimum absolute atomic E-state index is 0.129. The Morgan fingerprint density at radius 2 is 1.83 bits per heavy atom. The number of halogens is 3. The first kappa shape index (κ1) is 26.0. The van der Waals surface area contributed by atoms with Gasteiger partial charge in [-0.1, -0.05) is 24.8 Å². The third-order valence-electron chi connectivity index (χ3n) is 6.20. The van der Waals surface area contributed by atoms with E-state index in [0.29, 0.717) is 17.7 Å². The molecular weight excluding hydrogens is 483 g/mol. The standard InChI is InChI=1S/C28H28F3N3OS/c1-3-22-6-7-24(16-23(22)5-4-20-8-13-36-19-20)27(35)32-26-15-21(14-25(17-26)28(29,30)31)18-34-11-9-33(2)10-12-34/h6-8,13-17,19H,3,9-12,18H2,1-2H3,(H,32,35). The molecule has 0 saturated carbocycles. The smallest absolute Gasteiger partial charge is 0.322 e. The van der Waals surface area contributed by atoms with Crippen molar-refractivity contribution in [1.29, 1.82) is 0 Å². The van der Waals surface area contributed by atoms with Gasteiger partial charge in [-0.2, -0.15) is 24.5 Å². The fourth-order valence-electron chi connectivity index (χ4n) is 4.10. The van der Waals surface area contributed by atoms with E-state index < -0.39 is 17.6 Å². The summed E-state index contributed by atoms with van der Waals surface area (Å²) >= 11 is 1.56. The van der Waals surface area contributed by atoms with Crippen LogP contribution in [0.4, 0.5) is 18.9 Å². The minimum atomic E-state index is -4.51. The van der Waals surface area contributed by atoms with E-state index in [9.17, 15) is 18.0 Å². The van der Waals surface area contributed by atoms with Crippen molar-refractivity contribution in [1.82, 2.24) is 9.80 Å². The van der Waals surface area contributed by atoms with E-state index in [1.54, 1.807) is 29.5 Å². The highest BCUT2D eigenvalue weighted by Crippen LogP contribution is 2.32. The quantitative estimate of drug-likeness (QED) is 0.445. The van der Waals surface area contributed by atoms with Gasteiger partial charge in [-0.15, -0.1) is 0 Å². The lowest BCUT2D eigenvalue weighted by molar-refractivity contribution is -0.137. The van der Waals surface area contributed by atoms with Gasteiger partial charge in [0.2, 0.25) is 0 Å². The Bertz CT molecular complexity index is 1270. The zero-order valence-electron chi connectivity index (χ0n) is 20.3.